The minimum absolute atomic E-state index is 0. The molecule has 2 N–H and O–H groups in total. The third kappa shape index (κ3) is 8.94. The van der Waals surface area contributed by atoms with Crippen molar-refractivity contribution in [2.24, 2.45) is 0 Å². The molecule has 10 aromatic carbocycles. The minimum Gasteiger partial charge on any atom is -0.423 e. The van der Waals surface area contributed by atoms with Crippen LogP contribution in [0.3, 0.4) is 0 Å². The van der Waals surface area contributed by atoms with Crippen LogP contribution in [0.4, 0.5) is 0 Å². The highest BCUT2D eigenvalue weighted by Gasteiger charge is 2.19. The van der Waals surface area contributed by atoms with Crippen molar-refractivity contribution in [2.45, 2.75) is 7.43 Å². The fraction of sp³-hybridized carbons (Fsp3) is 0.0145. The van der Waals surface area contributed by atoms with Gasteiger partial charge in [0, 0.05) is 92.4 Å². The largest absolute Gasteiger partial charge is 0.489 e. The van der Waals surface area contributed by atoms with E-state index < -0.39 is 31.5 Å². The molecule has 16 rings (SSSR count). The van der Waals surface area contributed by atoms with Gasteiger partial charge in [-0.1, -0.05) is 201 Å². The molecular weight excluding hydrogens is 1070 g/mol. The van der Waals surface area contributed by atoms with Gasteiger partial charge in [-0.2, -0.15) is 0 Å². The van der Waals surface area contributed by atoms with Gasteiger partial charge in [-0.3, -0.25) is 9.97 Å². The van der Waals surface area contributed by atoms with Crippen molar-refractivity contribution in [1.82, 2.24) is 19.9 Å². The summed E-state index contributed by atoms with van der Waals surface area (Å²) in [6, 6.07) is 49.1. The summed E-state index contributed by atoms with van der Waals surface area (Å²) in [6.07, 6.45) is -0.883. The van der Waals surface area contributed by atoms with Crippen molar-refractivity contribution in [2.75, 3.05) is 0 Å². The summed E-state index contributed by atoms with van der Waals surface area (Å²) in [7, 11) is -1.48. The summed E-state index contributed by atoms with van der Waals surface area (Å²) in [4.78, 5) is 17.0. The van der Waals surface area contributed by atoms with E-state index in [1.807, 2.05) is 78.9 Å². The lowest BCUT2D eigenvalue weighted by Gasteiger charge is -2.13. The topological polar surface area (TPSA) is 92.0 Å². The molecule has 0 amide bonds. The van der Waals surface area contributed by atoms with Crippen molar-refractivity contribution in [3.8, 4) is 33.5 Å². The van der Waals surface area contributed by atoms with Crippen LogP contribution < -0.4 is 5.46 Å². The van der Waals surface area contributed by atoms with Crippen LogP contribution in [0.5, 0.6) is 0 Å². The predicted molar refractivity (Wildman–Crippen MR) is 344 cm³/mol. The van der Waals surface area contributed by atoms with Crippen LogP contribution in [0, 0.1) is 0 Å². The summed E-state index contributed by atoms with van der Waals surface area (Å²) in [6.45, 7) is 0. The quantitative estimate of drug-likeness (QED) is 0.104. The zero-order chi connectivity index (χ0) is 64.5. The second kappa shape index (κ2) is 20.9. The first-order valence-corrected chi connectivity index (χ1v) is 26.9. The normalized spacial score (nSPS) is 13.9. The number of pyridine rings is 4. The Morgan fingerprint density at radius 1 is 0.392 bits per heavy atom. The van der Waals surface area contributed by atoms with E-state index in [1.165, 1.54) is 45.9 Å². The van der Waals surface area contributed by atoms with E-state index in [-0.39, 0.29) is 123 Å². The van der Waals surface area contributed by atoms with Gasteiger partial charge in [0.25, 0.3) is 0 Å². The Labute approximate surface area is 493 Å². The number of halogens is 1. The summed E-state index contributed by atoms with van der Waals surface area (Å²) >= 11 is 6.62. The average molecular weight is 1130 g/mol. The summed E-state index contributed by atoms with van der Waals surface area (Å²) in [5.41, 5.74) is 5.97. The average Bonchev–Trinajstić information content (AvgIpc) is 0.982. The van der Waals surface area contributed by atoms with Crippen molar-refractivity contribution in [3.63, 3.8) is 0 Å². The van der Waals surface area contributed by atoms with E-state index in [1.54, 1.807) is 22.7 Å². The van der Waals surface area contributed by atoms with E-state index in [0.717, 1.165) is 38.2 Å². The fourth-order valence-corrected chi connectivity index (χ4v) is 12.9. The summed E-state index contributed by atoms with van der Waals surface area (Å²) in [5, 5.41) is 27.9. The van der Waals surface area contributed by atoms with Crippen LogP contribution in [0.1, 0.15) is 28.0 Å². The molecule has 6 nitrogen and oxygen atoms in total. The van der Waals surface area contributed by atoms with E-state index in [2.05, 4.69) is 110 Å². The number of thiophene rings is 2. The van der Waals surface area contributed by atoms with Crippen molar-refractivity contribution in [3.05, 3.63) is 247 Å². The number of fused-ring (bicyclic) bond motifs is 14. The Morgan fingerprint density at radius 2 is 0.810 bits per heavy atom. The third-order valence-corrected chi connectivity index (χ3v) is 16.5. The first-order chi connectivity index (χ1) is 44.2. The maximum Gasteiger partial charge on any atom is 0.489 e. The first kappa shape index (κ1) is 36.4. The van der Waals surface area contributed by atoms with Gasteiger partial charge in [-0.25, -0.2) is 9.97 Å². The van der Waals surface area contributed by atoms with Gasteiger partial charge in [-0.05, 0) is 90.4 Å². The number of hydrogen-bond donors (Lipinski definition) is 2. The molecule has 10 heteroatoms. The zero-order valence-electron chi connectivity index (χ0n) is 54.5. The van der Waals surface area contributed by atoms with E-state index in [4.69, 9.17) is 24.2 Å². The van der Waals surface area contributed by atoms with Crippen LogP contribution in [0.2, 0.25) is 0 Å². The molecule has 16 aromatic rings. The number of nitrogens with zero attached hydrogens (tertiary/aromatic N) is 4. The van der Waals surface area contributed by atoms with E-state index >= 15 is 0 Å². The van der Waals surface area contributed by atoms with E-state index in [0.29, 0.717) is 11.0 Å². The Kier molecular flexibility index (Phi) is 9.63. The summed E-state index contributed by atoms with van der Waals surface area (Å²) in [5.74, 6) is 0. The van der Waals surface area contributed by atoms with Crippen LogP contribution in [-0.2, 0) is 0 Å². The second-order valence-electron chi connectivity index (χ2n) is 18.1. The molecule has 0 atom stereocenters. The first-order valence-electron chi connectivity index (χ1n) is 31.5. The molecule has 0 unspecified atom stereocenters. The third-order valence-electron chi connectivity index (χ3n) is 13.7. The summed E-state index contributed by atoms with van der Waals surface area (Å²) < 4.78 is 120. The molecule has 0 fully saturated rings. The van der Waals surface area contributed by atoms with Gasteiger partial charge >= 0.3 is 7.12 Å². The molecule has 6 aromatic heterocycles. The standard InChI is InChI=1S/C34H20N2S.C22H15BO2S.C12H7BrN2.CH4.H2/c1-2-9-24-23(8-1)25(28-11-5-12-29-27-10-3-4-13-31(27)37-34(28)29)17-18-26(24)30-19-16-22-15-14-21-7-6-20-35-32(21)33(22)36-30;24-23(25)20-13-12-15(14-6-1-2-7-16(14)20)18-9-5-10-19-17-8-3-4-11-21(17)26-22(18)19;13-10-6-5-9-4-3-8-2-1-7-14-11(8)12(9)15-10;;/h1-20H;1-13,24-25H;1-7H;1H4;1H/i6D,7D,14D,15D,16D,19D,20D;;1D,2D,3D,4D,5D,6D,7D;;. The SMILES string of the molecule is C.OB(O)c1ccc(-c2cccc3c2sc2ccccc23)c2ccccc12.[2H]c1nc2c(c([2H])c1[2H])c([2H])c([2H])c1c([2H])c([2H])c(-c3ccc(-c4cccc5c4sc4ccccc45)c4ccccc34)nc12.[2H]c1nc2c(c([2H])c1[2H])c([2H])c([2H])c1c([2H])c([2H])c(Br)nc12.[HH]. The van der Waals surface area contributed by atoms with Gasteiger partial charge in [0.1, 0.15) is 4.60 Å². The molecule has 0 aliphatic rings. The lowest BCUT2D eigenvalue weighted by molar-refractivity contribution is 0.426. The van der Waals surface area contributed by atoms with Crippen LogP contribution in [0.25, 0.3) is 139 Å². The highest BCUT2D eigenvalue weighted by molar-refractivity contribution is 9.10. The molecule has 0 aliphatic carbocycles. The Hall–Kier alpha value is -8.74. The maximum absolute atomic E-state index is 9.71. The number of hydrogen-bond acceptors (Lipinski definition) is 8. The molecule has 0 saturated heterocycles. The molecule has 378 valence electrons. The monoisotopic (exact) mass is 1130 g/mol. The van der Waals surface area contributed by atoms with Gasteiger partial charge < -0.3 is 10.0 Å². The molecule has 6 heterocycles. The highest BCUT2D eigenvalue weighted by atomic mass is 79.9. The van der Waals surface area contributed by atoms with Crippen LogP contribution in [-0.4, -0.2) is 37.1 Å². The Bertz CT molecular complexity index is 5800. The molecule has 0 bridgehead atoms. The number of rotatable bonds is 4. The number of aromatic nitrogens is 4. The van der Waals surface area contributed by atoms with Gasteiger partial charge in [-0.15, -0.1) is 22.7 Å². The molecule has 0 radical (unpaired) electrons. The number of benzene rings is 10. The second-order valence-corrected chi connectivity index (χ2v) is 20.9. The van der Waals surface area contributed by atoms with Crippen LogP contribution >= 0.6 is 38.6 Å². The zero-order valence-corrected chi connectivity index (χ0v) is 43.7. The fourth-order valence-electron chi connectivity index (χ4n) is 10.2. The smallest absolute Gasteiger partial charge is 0.423 e. The Morgan fingerprint density at radius 3 is 1.37 bits per heavy atom. The van der Waals surface area contributed by atoms with Gasteiger partial charge in [0.15, 0.2) is 0 Å². The van der Waals surface area contributed by atoms with Gasteiger partial charge in [0.05, 0.1) is 47.0 Å². The lowest BCUT2D eigenvalue weighted by Crippen LogP contribution is -2.30. The molecule has 0 spiro atoms. The predicted octanol–water partition coefficient (Wildman–Crippen LogP) is 18.6. The molecular formula is C69H48BBrN4O2S2. The molecule has 0 saturated carbocycles. The maximum atomic E-state index is 9.71. The van der Waals surface area contributed by atoms with Crippen molar-refractivity contribution in [1.29, 1.82) is 0 Å². The van der Waals surface area contributed by atoms with Crippen LogP contribution in [0.15, 0.2) is 247 Å². The van der Waals surface area contributed by atoms with Gasteiger partial charge in [0.2, 0.25) is 0 Å². The van der Waals surface area contributed by atoms with Crippen molar-refractivity contribution >= 4 is 157 Å². The lowest BCUT2D eigenvalue weighted by atomic mass is 9.76. The minimum atomic E-state index is -1.48. The van der Waals surface area contributed by atoms with Crippen molar-refractivity contribution < 1.29 is 30.7 Å². The van der Waals surface area contributed by atoms with E-state index in [9.17, 15) is 10.0 Å². The highest BCUT2D eigenvalue weighted by Crippen LogP contribution is 2.44. The molecule has 0 aliphatic heterocycles. The Balaban J connectivity index is 0.000000145. The molecule has 79 heavy (non-hydrogen) atoms.